The third kappa shape index (κ3) is 3.27. The van der Waals surface area contributed by atoms with E-state index in [0.29, 0.717) is 49.3 Å². The Morgan fingerprint density at radius 2 is 1.75 bits per heavy atom. The Hall–Kier alpha value is -2.77. The first-order chi connectivity index (χ1) is 11.6. The summed E-state index contributed by atoms with van der Waals surface area (Å²) >= 11 is 0. The molecule has 128 valence electrons. The number of urea groups is 1. The van der Waals surface area contributed by atoms with Gasteiger partial charge in [0.25, 0.3) is 5.91 Å². The first-order valence-corrected chi connectivity index (χ1v) is 8.12. The lowest BCUT2D eigenvalue weighted by atomic mass is 10.1. The Morgan fingerprint density at radius 1 is 1.08 bits per heavy atom. The summed E-state index contributed by atoms with van der Waals surface area (Å²) in [5.74, 6) is -0.0902. The summed E-state index contributed by atoms with van der Waals surface area (Å²) in [4.78, 5) is 44.6. The minimum absolute atomic E-state index is 0.0738. The minimum Gasteiger partial charge on any atom is -0.338 e. The number of carbonyl (C=O) groups excluding carboxylic acids is 2. The molecule has 3 N–H and O–H groups in total. The highest BCUT2D eigenvalue weighted by atomic mass is 16.2. The van der Waals surface area contributed by atoms with E-state index in [1.165, 1.54) is 0 Å². The van der Waals surface area contributed by atoms with Gasteiger partial charge in [-0.2, -0.15) is 0 Å². The summed E-state index contributed by atoms with van der Waals surface area (Å²) in [6.07, 6.45) is 0.897. The number of imidazole rings is 1. The molecule has 3 rings (SSSR count). The van der Waals surface area contributed by atoms with E-state index in [2.05, 4.69) is 15.3 Å². The van der Waals surface area contributed by atoms with Crippen LogP contribution in [0.5, 0.6) is 0 Å². The van der Waals surface area contributed by atoms with Crippen LogP contribution in [0.2, 0.25) is 0 Å². The summed E-state index contributed by atoms with van der Waals surface area (Å²) in [5.41, 5.74) is 1.53. The highest BCUT2D eigenvalue weighted by Gasteiger charge is 2.24. The van der Waals surface area contributed by atoms with Crippen molar-refractivity contribution in [2.24, 2.45) is 0 Å². The maximum atomic E-state index is 12.6. The second-order valence-electron chi connectivity index (χ2n) is 5.85. The van der Waals surface area contributed by atoms with Crippen LogP contribution in [0.3, 0.4) is 0 Å². The van der Waals surface area contributed by atoms with Gasteiger partial charge in [-0.3, -0.25) is 4.79 Å². The van der Waals surface area contributed by atoms with Crippen LogP contribution in [-0.4, -0.2) is 64.4 Å². The van der Waals surface area contributed by atoms with Gasteiger partial charge in [0.15, 0.2) is 0 Å². The van der Waals surface area contributed by atoms with Gasteiger partial charge < -0.3 is 25.1 Å². The molecule has 1 aliphatic heterocycles. The summed E-state index contributed by atoms with van der Waals surface area (Å²) < 4.78 is 0. The number of fused-ring (bicyclic) bond motifs is 1. The van der Waals surface area contributed by atoms with Crippen molar-refractivity contribution in [3.8, 4) is 0 Å². The van der Waals surface area contributed by atoms with Crippen molar-refractivity contribution < 1.29 is 9.59 Å². The van der Waals surface area contributed by atoms with Gasteiger partial charge in [-0.25, -0.2) is 9.59 Å². The van der Waals surface area contributed by atoms with Crippen molar-refractivity contribution in [3.05, 3.63) is 34.2 Å². The largest absolute Gasteiger partial charge is 0.338 e. The number of benzene rings is 1. The number of nitrogens with one attached hydrogen (secondary N) is 3. The number of piperazine rings is 1. The molecule has 1 aromatic carbocycles. The molecule has 0 spiro atoms. The zero-order valence-corrected chi connectivity index (χ0v) is 13.6. The second kappa shape index (κ2) is 6.77. The van der Waals surface area contributed by atoms with E-state index in [9.17, 15) is 14.4 Å². The van der Waals surface area contributed by atoms with E-state index < -0.39 is 0 Å². The molecule has 0 radical (unpaired) electrons. The van der Waals surface area contributed by atoms with E-state index >= 15 is 0 Å². The molecule has 0 unspecified atom stereocenters. The third-order valence-corrected chi connectivity index (χ3v) is 4.14. The van der Waals surface area contributed by atoms with Gasteiger partial charge in [0.05, 0.1) is 11.0 Å². The fourth-order valence-corrected chi connectivity index (χ4v) is 2.80. The van der Waals surface area contributed by atoms with Crippen LogP contribution in [0, 0.1) is 0 Å². The molecule has 8 nitrogen and oxygen atoms in total. The topological polar surface area (TPSA) is 101 Å². The first-order valence-electron chi connectivity index (χ1n) is 8.12. The Morgan fingerprint density at radius 3 is 2.46 bits per heavy atom. The fraction of sp³-hybridized carbons (Fsp3) is 0.438. The minimum atomic E-state index is -0.290. The Kier molecular flexibility index (Phi) is 4.54. The molecule has 1 fully saturated rings. The molecule has 2 heterocycles. The molecule has 0 atom stereocenters. The van der Waals surface area contributed by atoms with E-state index in [0.717, 1.165) is 6.42 Å². The van der Waals surface area contributed by atoms with Crippen molar-refractivity contribution >= 4 is 23.0 Å². The van der Waals surface area contributed by atoms with E-state index in [1.807, 2.05) is 6.92 Å². The molecule has 0 bridgehead atoms. The van der Waals surface area contributed by atoms with Crippen LogP contribution in [0.4, 0.5) is 4.79 Å². The zero-order valence-electron chi connectivity index (χ0n) is 13.6. The second-order valence-corrected chi connectivity index (χ2v) is 5.85. The van der Waals surface area contributed by atoms with Crippen LogP contribution in [-0.2, 0) is 0 Å². The molecule has 1 saturated heterocycles. The van der Waals surface area contributed by atoms with E-state index in [4.69, 9.17) is 0 Å². The molecule has 8 heteroatoms. The molecule has 3 amide bonds. The maximum Gasteiger partial charge on any atom is 0.323 e. The van der Waals surface area contributed by atoms with E-state index in [1.54, 1.807) is 28.0 Å². The Bertz CT molecular complexity index is 801. The molecule has 1 aromatic heterocycles. The lowest BCUT2D eigenvalue weighted by Gasteiger charge is -2.34. The van der Waals surface area contributed by atoms with Gasteiger partial charge in [0, 0.05) is 38.3 Å². The number of hydrogen-bond acceptors (Lipinski definition) is 3. The summed E-state index contributed by atoms with van der Waals surface area (Å²) in [7, 11) is 0. The lowest BCUT2D eigenvalue weighted by Crippen LogP contribution is -2.53. The number of aromatic amines is 2. The maximum absolute atomic E-state index is 12.6. The number of H-pyrrole nitrogens is 2. The number of aromatic nitrogens is 2. The van der Waals surface area contributed by atoms with E-state index in [-0.39, 0.29) is 17.6 Å². The smallest absolute Gasteiger partial charge is 0.323 e. The molecule has 24 heavy (non-hydrogen) atoms. The SMILES string of the molecule is CCCNC(=O)N1CCN(C(=O)c2ccc3[nH]c(=O)[nH]c3c2)CC1. The van der Waals surface area contributed by atoms with Crippen molar-refractivity contribution in [1.82, 2.24) is 25.1 Å². The van der Waals surface area contributed by atoms with Crippen molar-refractivity contribution in [3.63, 3.8) is 0 Å². The third-order valence-electron chi connectivity index (χ3n) is 4.14. The van der Waals surface area contributed by atoms with Gasteiger partial charge in [-0.1, -0.05) is 6.92 Å². The summed E-state index contributed by atoms with van der Waals surface area (Å²) in [6.45, 7) is 4.70. The predicted octanol–water partition coefficient (Wildman–Crippen LogP) is 0.734. The van der Waals surface area contributed by atoms with Crippen LogP contribution in [0.25, 0.3) is 11.0 Å². The monoisotopic (exact) mass is 331 g/mol. The van der Waals surface area contributed by atoms with Gasteiger partial charge in [-0.15, -0.1) is 0 Å². The molecule has 2 aromatic rings. The van der Waals surface area contributed by atoms with Gasteiger partial charge >= 0.3 is 11.7 Å². The number of rotatable bonds is 3. The molecular formula is C16H21N5O3. The molecular weight excluding hydrogens is 310 g/mol. The zero-order chi connectivity index (χ0) is 17.1. The highest BCUT2D eigenvalue weighted by Crippen LogP contribution is 2.14. The van der Waals surface area contributed by atoms with Gasteiger partial charge in [0.1, 0.15) is 0 Å². The number of carbonyl (C=O) groups is 2. The predicted molar refractivity (Wildman–Crippen MR) is 90.1 cm³/mol. The van der Waals surface area contributed by atoms with Crippen molar-refractivity contribution in [2.45, 2.75) is 13.3 Å². The normalized spacial score (nSPS) is 14.9. The Balaban J connectivity index is 1.63. The first kappa shape index (κ1) is 16.1. The van der Waals surface area contributed by atoms with Crippen LogP contribution in [0.15, 0.2) is 23.0 Å². The highest BCUT2D eigenvalue weighted by molar-refractivity contribution is 5.97. The van der Waals surface area contributed by atoms with Crippen molar-refractivity contribution in [2.75, 3.05) is 32.7 Å². The average Bonchev–Trinajstić information content (AvgIpc) is 2.98. The van der Waals surface area contributed by atoms with Crippen LogP contribution in [0.1, 0.15) is 23.7 Å². The lowest BCUT2D eigenvalue weighted by molar-refractivity contribution is 0.0665. The van der Waals surface area contributed by atoms with Gasteiger partial charge in [-0.05, 0) is 24.6 Å². The number of amides is 3. The standard InChI is InChI=1S/C16H21N5O3/c1-2-5-17-16(24)21-8-6-20(7-9-21)14(22)11-3-4-12-13(10-11)19-15(23)18-12/h3-4,10H,2,5-9H2,1H3,(H,17,24)(H2,18,19,23). The number of hydrogen-bond donors (Lipinski definition) is 3. The van der Waals surface area contributed by atoms with Gasteiger partial charge in [0.2, 0.25) is 0 Å². The molecule has 1 aliphatic rings. The van der Waals surface area contributed by atoms with Crippen molar-refractivity contribution in [1.29, 1.82) is 0 Å². The van der Waals surface area contributed by atoms with Crippen LogP contribution >= 0.6 is 0 Å². The summed E-state index contributed by atoms with van der Waals surface area (Å²) in [6, 6.07) is 5.02. The number of nitrogens with zero attached hydrogens (tertiary/aromatic N) is 2. The molecule has 0 saturated carbocycles. The average molecular weight is 331 g/mol. The quantitative estimate of drug-likeness (QED) is 0.773. The Labute approximate surface area is 138 Å². The fourth-order valence-electron chi connectivity index (χ4n) is 2.80. The van der Waals surface area contributed by atoms with Crippen LogP contribution < -0.4 is 11.0 Å². The summed E-state index contributed by atoms with van der Waals surface area (Å²) in [5, 5.41) is 2.85. The molecule has 0 aliphatic carbocycles.